The summed E-state index contributed by atoms with van der Waals surface area (Å²) < 4.78 is 19.5. The van der Waals surface area contributed by atoms with Gasteiger partial charge in [-0.1, -0.05) is 30.7 Å². The molecular weight excluding hydrogens is 429 g/mol. The van der Waals surface area contributed by atoms with Crippen molar-refractivity contribution in [3.8, 4) is 0 Å². The number of nitrogens with one attached hydrogen (secondary N) is 1. The van der Waals surface area contributed by atoms with Crippen LogP contribution in [0.4, 0.5) is 10.1 Å². The number of fused-ring (bicyclic) bond motifs is 2. The molecule has 2 aromatic carbocycles. The lowest BCUT2D eigenvalue weighted by Gasteiger charge is -2.47. The smallest absolute Gasteiger partial charge is 0.331 e. The molecule has 0 bridgehead atoms. The van der Waals surface area contributed by atoms with Crippen molar-refractivity contribution in [2.75, 3.05) is 19.0 Å². The Bertz CT molecular complexity index is 987. The van der Waals surface area contributed by atoms with Crippen molar-refractivity contribution in [3.05, 3.63) is 64.4 Å². The second-order valence-electron chi connectivity index (χ2n) is 9.59. The first kappa shape index (κ1) is 23.1. The second kappa shape index (κ2) is 9.03. The first-order chi connectivity index (χ1) is 15.3. The van der Waals surface area contributed by atoms with Crippen LogP contribution in [0.5, 0.6) is 0 Å². The molecule has 172 valence electrons. The molecule has 1 spiro atoms. The van der Waals surface area contributed by atoms with Crippen molar-refractivity contribution in [3.63, 3.8) is 0 Å². The quantitative estimate of drug-likeness (QED) is 0.559. The average Bonchev–Trinajstić information content (AvgIpc) is 3.07. The van der Waals surface area contributed by atoms with Gasteiger partial charge in [0.25, 0.3) is 0 Å². The van der Waals surface area contributed by atoms with Crippen LogP contribution in [0.1, 0.15) is 50.2 Å². The van der Waals surface area contributed by atoms with E-state index in [1.807, 2.05) is 24.3 Å². The number of aliphatic hydroxyl groups is 1. The number of hydrogen-bond donors (Lipinski definition) is 2. The van der Waals surface area contributed by atoms with Crippen LogP contribution in [0.15, 0.2) is 42.5 Å². The maximum atomic E-state index is 14.3. The van der Waals surface area contributed by atoms with Gasteiger partial charge < -0.3 is 15.2 Å². The van der Waals surface area contributed by atoms with Gasteiger partial charge in [-0.15, -0.1) is 0 Å². The normalized spacial score (nSPS) is 27.7. The van der Waals surface area contributed by atoms with Crippen molar-refractivity contribution in [1.29, 1.82) is 0 Å². The topological polar surface area (TPSA) is 58.6 Å². The van der Waals surface area contributed by atoms with Gasteiger partial charge in [-0.25, -0.2) is 9.18 Å². The largest absolute Gasteiger partial charge is 0.467 e. The summed E-state index contributed by atoms with van der Waals surface area (Å²) in [5.41, 5.74) is 1.99. The van der Waals surface area contributed by atoms with Crippen LogP contribution in [0.25, 0.3) is 0 Å². The molecule has 0 heterocycles. The molecule has 32 heavy (non-hydrogen) atoms. The molecule has 6 heteroatoms. The number of esters is 1. The Morgan fingerprint density at radius 3 is 2.66 bits per heavy atom. The van der Waals surface area contributed by atoms with Crippen LogP contribution >= 0.6 is 11.6 Å². The molecule has 0 aliphatic heterocycles. The maximum absolute atomic E-state index is 14.3. The van der Waals surface area contributed by atoms with Crippen LogP contribution in [-0.4, -0.2) is 30.3 Å². The zero-order valence-corrected chi connectivity index (χ0v) is 19.4. The van der Waals surface area contributed by atoms with E-state index in [1.54, 1.807) is 12.1 Å². The zero-order valence-electron chi connectivity index (χ0n) is 18.7. The Labute approximate surface area is 194 Å². The molecule has 4 nitrogen and oxygen atoms in total. The Morgan fingerprint density at radius 2 is 2.00 bits per heavy atom. The minimum Gasteiger partial charge on any atom is -0.467 e. The van der Waals surface area contributed by atoms with Crippen molar-refractivity contribution in [2.45, 2.75) is 56.4 Å². The number of anilines is 1. The Kier molecular flexibility index (Phi) is 6.51. The van der Waals surface area contributed by atoms with Gasteiger partial charge in [0.2, 0.25) is 0 Å². The molecule has 2 aliphatic rings. The lowest BCUT2D eigenvalue weighted by molar-refractivity contribution is -0.148. The SMILES string of the molecule is COC(=O)C1(Nc2cccc(Cl)c2)CCC2(CC1)c1cc(F)ccc1CC2C[C@@H](C)CO. The van der Waals surface area contributed by atoms with Crippen molar-refractivity contribution in [2.24, 2.45) is 11.8 Å². The number of rotatable bonds is 6. The fourth-order valence-corrected chi connectivity index (χ4v) is 6.15. The van der Waals surface area contributed by atoms with Gasteiger partial charge in [0, 0.05) is 17.3 Å². The molecule has 2 atom stereocenters. The van der Waals surface area contributed by atoms with E-state index in [9.17, 15) is 14.3 Å². The van der Waals surface area contributed by atoms with Gasteiger partial charge in [0.1, 0.15) is 11.4 Å². The van der Waals surface area contributed by atoms with E-state index in [0.29, 0.717) is 23.8 Å². The molecule has 4 rings (SSSR count). The molecular formula is C26H31ClFNO3. The van der Waals surface area contributed by atoms with E-state index in [0.717, 1.165) is 36.9 Å². The third-order valence-corrected chi connectivity index (χ3v) is 7.87. The highest BCUT2D eigenvalue weighted by atomic mass is 35.5. The van der Waals surface area contributed by atoms with E-state index in [-0.39, 0.29) is 29.7 Å². The highest BCUT2D eigenvalue weighted by molar-refractivity contribution is 6.30. The number of benzene rings is 2. The summed E-state index contributed by atoms with van der Waals surface area (Å²) in [6.45, 7) is 2.19. The van der Waals surface area contributed by atoms with Crippen LogP contribution < -0.4 is 5.32 Å². The number of hydrogen-bond acceptors (Lipinski definition) is 4. The van der Waals surface area contributed by atoms with Crippen LogP contribution in [0.2, 0.25) is 5.02 Å². The second-order valence-corrected chi connectivity index (χ2v) is 10.0. The van der Waals surface area contributed by atoms with E-state index < -0.39 is 5.54 Å². The summed E-state index contributed by atoms with van der Waals surface area (Å²) in [5.74, 6) is -0.0259. The maximum Gasteiger partial charge on any atom is 0.331 e. The Hall–Kier alpha value is -2.11. The summed E-state index contributed by atoms with van der Waals surface area (Å²) in [6.07, 6.45) is 4.40. The van der Waals surface area contributed by atoms with E-state index in [2.05, 4.69) is 12.2 Å². The number of carbonyl (C=O) groups excluding carboxylic acids is 1. The van der Waals surface area contributed by atoms with Crippen molar-refractivity contribution in [1.82, 2.24) is 0 Å². The molecule has 0 aromatic heterocycles. The number of carbonyl (C=O) groups is 1. The van der Waals surface area contributed by atoms with Gasteiger partial charge in [-0.3, -0.25) is 0 Å². The first-order valence-corrected chi connectivity index (χ1v) is 11.7. The monoisotopic (exact) mass is 459 g/mol. The molecule has 0 amide bonds. The standard InChI is InChI=1S/C26H31ClFNO3/c1-17(16-30)12-19-13-18-6-7-21(28)15-23(18)25(19)8-10-26(11-9-25,24(31)32-2)29-22-5-3-4-20(27)14-22/h3-7,14-15,17,19,29-30H,8-13,16H2,1-2H3/t17-,19?,25?,26?/m1/s1. The van der Waals surface area contributed by atoms with Gasteiger partial charge in [0.05, 0.1) is 7.11 Å². The van der Waals surface area contributed by atoms with Gasteiger partial charge in [-0.2, -0.15) is 0 Å². The van der Waals surface area contributed by atoms with Crippen LogP contribution in [0.3, 0.4) is 0 Å². The third-order valence-electron chi connectivity index (χ3n) is 7.63. The van der Waals surface area contributed by atoms with Gasteiger partial charge >= 0.3 is 5.97 Å². The van der Waals surface area contributed by atoms with E-state index >= 15 is 0 Å². The summed E-state index contributed by atoms with van der Waals surface area (Å²) in [7, 11) is 1.42. The highest BCUT2D eigenvalue weighted by Gasteiger charge is 2.54. The van der Waals surface area contributed by atoms with Crippen molar-refractivity contribution >= 4 is 23.3 Å². The minimum absolute atomic E-state index is 0.139. The lowest BCUT2D eigenvalue weighted by Crippen LogP contribution is -2.53. The molecule has 1 unspecified atom stereocenters. The molecule has 0 saturated heterocycles. The number of halogens is 2. The molecule has 2 N–H and O–H groups in total. The van der Waals surface area contributed by atoms with Crippen molar-refractivity contribution < 1.29 is 19.0 Å². The van der Waals surface area contributed by atoms with Crippen LogP contribution in [-0.2, 0) is 21.4 Å². The van der Waals surface area contributed by atoms with E-state index in [1.165, 1.54) is 18.7 Å². The third kappa shape index (κ3) is 4.13. The van der Waals surface area contributed by atoms with Gasteiger partial charge in [-0.05, 0) is 97.2 Å². The zero-order chi connectivity index (χ0) is 22.9. The fourth-order valence-electron chi connectivity index (χ4n) is 5.96. The fraction of sp³-hybridized carbons (Fsp3) is 0.500. The molecule has 2 aliphatic carbocycles. The molecule has 1 saturated carbocycles. The summed E-state index contributed by atoms with van der Waals surface area (Å²) >= 11 is 6.16. The number of aliphatic hydroxyl groups excluding tert-OH is 1. The Balaban J connectivity index is 1.66. The van der Waals surface area contributed by atoms with Crippen LogP contribution in [0, 0.1) is 17.7 Å². The molecule has 2 aromatic rings. The Morgan fingerprint density at radius 1 is 1.25 bits per heavy atom. The first-order valence-electron chi connectivity index (χ1n) is 11.3. The van der Waals surface area contributed by atoms with E-state index in [4.69, 9.17) is 16.3 Å². The summed E-state index contributed by atoms with van der Waals surface area (Å²) in [5, 5.41) is 13.7. The predicted octanol–water partition coefficient (Wildman–Crippen LogP) is 5.51. The number of methoxy groups -OCH3 is 1. The molecule has 1 fully saturated rings. The molecule has 0 radical (unpaired) electrons. The average molecular weight is 460 g/mol. The van der Waals surface area contributed by atoms with Gasteiger partial charge in [0.15, 0.2) is 0 Å². The lowest BCUT2D eigenvalue weighted by atomic mass is 9.59. The highest BCUT2D eigenvalue weighted by Crippen LogP contribution is 2.56. The summed E-state index contributed by atoms with van der Waals surface area (Å²) in [4.78, 5) is 13.0. The minimum atomic E-state index is -0.853. The summed E-state index contributed by atoms with van der Waals surface area (Å²) in [6, 6.07) is 12.5. The predicted molar refractivity (Wildman–Crippen MR) is 124 cm³/mol. The number of ether oxygens (including phenoxy) is 1.